The van der Waals surface area contributed by atoms with Gasteiger partial charge < -0.3 is 9.73 Å². The van der Waals surface area contributed by atoms with E-state index in [-0.39, 0.29) is 11.9 Å². The van der Waals surface area contributed by atoms with Crippen molar-refractivity contribution in [2.45, 2.75) is 25.9 Å². The molecule has 0 bridgehead atoms. The summed E-state index contributed by atoms with van der Waals surface area (Å²) in [5.74, 6) is 1.20. The second kappa shape index (κ2) is 7.91. The Morgan fingerprint density at radius 1 is 1.25 bits per heavy atom. The number of H-pyrrole nitrogens is 1. The van der Waals surface area contributed by atoms with Gasteiger partial charge in [-0.2, -0.15) is 10.2 Å². The smallest absolute Gasteiger partial charge is 0.272 e. The van der Waals surface area contributed by atoms with Crippen LogP contribution in [0.5, 0.6) is 0 Å². The van der Waals surface area contributed by atoms with E-state index in [1.54, 1.807) is 17.1 Å². The molecule has 1 unspecified atom stereocenters. The molecule has 0 saturated heterocycles. The molecule has 1 amide bonds. The van der Waals surface area contributed by atoms with Crippen molar-refractivity contribution in [3.63, 3.8) is 0 Å². The molecule has 3 heterocycles. The fourth-order valence-electron chi connectivity index (χ4n) is 2.99. The van der Waals surface area contributed by atoms with Crippen LogP contribution in [0.15, 0.2) is 65.6 Å². The summed E-state index contributed by atoms with van der Waals surface area (Å²) in [5, 5.41) is 14.2. The van der Waals surface area contributed by atoms with Crippen molar-refractivity contribution in [2.24, 2.45) is 0 Å². The van der Waals surface area contributed by atoms with E-state index in [9.17, 15) is 4.79 Å². The van der Waals surface area contributed by atoms with Gasteiger partial charge in [0.1, 0.15) is 24.1 Å². The Balaban J connectivity index is 1.49. The molecule has 2 N–H and O–H groups in total. The molecule has 0 aliphatic heterocycles. The van der Waals surface area contributed by atoms with E-state index in [1.165, 1.54) is 6.33 Å². The zero-order valence-corrected chi connectivity index (χ0v) is 15.4. The summed E-state index contributed by atoms with van der Waals surface area (Å²) in [6.07, 6.45) is 3.83. The molecule has 28 heavy (non-hydrogen) atoms. The minimum Gasteiger partial charge on any atom is -0.460 e. The maximum atomic E-state index is 12.8. The molecular formula is C20H20N6O2. The molecule has 4 aromatic rings. The SMILES string of the molecule is Cc1ccc(-c2cc(C(=O)NC(CCn3cncn3)c3ccccc3)n[nH]2)o1. The van der Waals surface area contributed by atoms with E-state index in [1.807, 2.05) is 49.4 Å². The number of hydrogen-bond acceptors (Lipinski definition) is 5. The summed E-state index contributed by atoms with van der Waals surface area (Å²) < 4.78 is 7.32. The molecular weight excluding hydrogens is 356 g/mol. The lowest BCUT2D eigenvalue weighted by molar-refractivity contribution is 0.0928. The van der Waals surface area contributed by atoms with E-state index >= 15 is 0 Å². The molecule has 8 nitrogen and oxygen atoms in total. The predicted octanol–water partition coefficient (Wildman–Crippen LogP) is 3.13. The first-order valence-electron chi connectivity index (χ1n) is 8.99. The van der Waals surface area contributed by atoms with E-state index in [0.29, 0.717) is 30.1 Å². The van der Waals surface area contributed by atoms with Gasteiger partial charge in [0.25, 0.3) is 5.91 Å². The van der Waals surface area contributed by atoms with Crippen molar-refractivity contribution in [1.82, 2.24) is 30.3 Å². The number of nitrogens with one attached hydrogen (secondary N) is 2. The molecule has 0 spiro atoms. The van der Waals surface area contributed by atoms with Gasteiger partial charge in [0.15, 0.2) is 11.5 Å². The maximum absolute atomic E-state index is 12.8. The lowest BCUT2D eigenvalue weighted by atomic mass is 10.0. The highest BCUT2D eigenvalue weighted by molar-refractivity contribution is 5.93. The zero-order chi connectivity index (χ0) is 19.3. The molecule has 0 radical (unpaired) electrons. The van der Waals surface area contributed by atoms with Gasteiger partial charge in [-0.15, -0.1) is 0 Å². The van der Waals surface area contributed by atoms with Gasteiger partial charge >= 0.3 is 0 Å². The number of aryl methyl sites for hydroxylation is 2. The minimum absolute atomic E-state index is 0.177. The lowest BCUT2D eigenvalue weighted by Crippen LogP contribution is -2.29. The van der Waals surface area contributed by atoms with Gasteiger partial charge in [0.2, 0.25) is 0 Å². The fourth-order valence-corrected chi connectivity index (χ4v) is 2.99. The summed E-state index contributed by atoms with van der Waals surface area (Å²) in [6.45, 7) is 2.50. The lowest BCUT2D eigenvalue weighted by Gasteiger charge is -2.18. The first-order chi connectivity index (χ1) is 13.7. The highest BCUT2D eigenvalue weighted by Gasteiger charge is 2.19. The molecule has 0 aliphatic rings. The number of hydrogen-bond donors (Lipinski definition) is 2. The number of carbonyl (C=O) groups is 1. The Kier molecular flexibility index (Phi) is 5.01. The average Bonchev–Trinajstić information content (AvgIpc) is 3.47. The van der Waals surface area contributed by atoms with Crippen LogP contribution < -0.4 is 5.32 Å². The van der Waals surface area contributed by atoms with Gasteiger partial charge in [-0.25, -0.2) is 4.98 Å². The zero-order valence-electron chi connectivity index (χ0n) is 15.4. The second-order valence-corrected chi connectivity index (χ2v) is 6.46. The van der Waals surface area contributed by atoms with Crippen molar-refractivity contribution in [2.75, 3.05) is 0 Å². The van der Waals surface area contributed by atoms with Crippen LogP contribution in [0.4, 0.5) is 0 Å². The number of nitrogens with zero attached hydrogens (tertiary/aromatic N) is 4. The number of benzene rings is 1. The molecule has 0 saturated carbocycles. The first-order valence-corrected chi connectivity index (χ1v) is 8.99. The third-order valence-corrected chi connectivity index (χ3v) is 4.44. The number of rotatable bonds is 7. The van der Waals surface area contributed by atoms with Gasteiger partial charge in [0.05, 0.1) is 6.04 Å². The quantitative estimate of drug-likeness (QED) is 0.516. The van der Waals surface area contributed by atoms with Gasteiger partial charge in [0, 0.05) is 12.6 Å². The van der Waals surface area contributed by atoms with Crippen molar-refractivity contribution < 1.29 is 9.21 Å². The Labute approximate surface area is 161 Å². The Morgan fingerprint density at radius 3 is 2.82 bits per heavy atom. The predicted molar refractivity (Wildman–Crippen MR) is 102 cm³/mol. The summed E-state index contributed by atoms with van der Waals surface area (Å²) in [6, 6.07) is 15.1. The van der Waals surface area contributed by atoms with Gasteiger partial charge in [-0.05, 0) is 31.0 Å². The van der Waals surface area contributed by atoms with Crippen LogP contribution >= 0.6 is 0 Å². The van der Waals surface area contributed by atoms with Crippen LogP contribution in [-0.4, -0.2) is 30.9 Å². The van der Waals surface area contributed by atoms with Crippen LogP contribution in [-0.2, 0) is 6.54 Å². The molecule has 3 aromatic heterocycles. The van der Waals surface area contributed by atoms with Crippen molar-refractivity contribution in [1.29, 1.82) is 0 Å². The van der Waals surface area contributed by atoms with Crippen LogP contribution in [0.1, 0.15) is 34.3 Å². The van der Waals surface area contributed by atoms with E-state index in [4.69, 9.17) is 4.42 Å². The minimum atomic E-state index is -0.252. The van der Waals surface area contributed by atoms with Crippen molar-refractivity contribution in [3.8, 4) is 11.5 Å². The van der Waals surface area contributed by atoms with Gasteiger partial charge in [-0.1, -0.05) is 30.3 Å². The molecule has 1 aromatic carbocycles. The van der Waals surface area contributed by atoms with E-state index < -0.39 is 0 Å². The normalized spacial score (nSPS) is 12.0. The Hall–Kier alpha value is -3.68. The molecule has 8 heteroatoms. The van der Waals surface area contributed by atoms with Crippen LogP contribution in [0.2, 0.25) is 0 Å². The second-order valence-electron chi connectivity index (χ2n) is 6.46. The summed E-state index contributed by atoms with van der Waals surface area (Å²) in [7, 11) is 0. The maximum Gasteiger partial charge on any atom is 0.272 e. The van der Waals surface area contributed by atoms with Crippen LogP contribution in [0, 0.1) is 6.92 Å². The molecule has 1 atom stereocenters. The summed E-state index contributed by atoms with van der Waals surface area (Å²) in [5.41, 5.74) is 2.00. The highest BCUT2D eigenvalue weighted by Crippen LogP contribution is 2.22. The molecule has 0 fully saturated rings. The average molecular weight is 376 g/mol. The number of furan rings is 1. The topological polar surface area (TPSA) is 102 Å². The largest absolute Gasteiger partial charge is 0.460 e. The standard InChI is InChI=1S/C20H20N6O2/c1-14-7-8-19(28-14)17-11-18(25-24-17)20(27)23-16(15-5-3-2-4-6-15)9-10-26-13-21-12-22-26/h2-8,11-13,16H,9-10H2,1H3,(H,23,27)(H,24,25). The van der Waals surface area contributed by atoms with Crippen LogP contribution in [0.3, 0.4) is 0 Å². The fraction of sp³-hybridized carbons (Fsp3) is 0.200. The molecule has 142 valence electrons. The number of aromatic amines is 1. The van der Waals surface area contributed by atoms with E-state index in [2.05, 4.69) is 25.6 Å². The number of aromatic nitrogens is 5. The van der Waals surface area contributed by atoms with Crippen molar-refractivity contribution in [3.05, 3.63) is 78.2 Å². The summed E-state index contributed by atoms with van der Waals surface area (Å²) in [4.78, 5) is 16.7. The Morgan fingerprint density at radius 2 is 2.11 bits per heavy atom. The monoisotopic (exact) mass is 376 g/mol. The molecule has 0 aliphatic carbocycles. The summed E-state index contributed by atoms with van der Waals surface area (Å²) >= 11 is 0. The van der Waals surface area contributed by atoms with Crippen LogP contribution in [0.25, 0.3) is 11.5 Å². The first kappa shape index (κ1) is 17.7. The third-order valence-electron chi connectivity index (χ3n) is 4.44. The Bertz CT molecular complexity index is 1040. The molecule has 4 rings (SSSR count). The highest BCUT2D eigenvalue weighted by atomic mass is 16.3. The van der Waals surface area contributed by atoms with Crippen molar-refractivity contribution >= 4 is 5.91 Å². The third kappa shape index (κ3) is 4.01. The number of carbonyl (C=O) groups excluding carboxylic acids is 1. The van der Waals surface area contributed by atoms with E-state index in [0.717, 1.165) is 11.3 Å². The van der Waals surface area contributed by atoms with Gasteiger partial charge in [-0.3, -0.25) is 14.6 Å². The number of amides is 1.